The Hall–Kier alpha value is -3.78. The predicted molar refractivity (Wildman–Crippen MR) is 238 cm³/mol. The van der Waals surface area contributed by atoms with E-state index in [1.807, 2.05) is 26.0 Å². The first kappa shape index (κ1) is 46.4. The number of hydrogen-bond acceptors (Lipinski definition) is 2. The van der Waals surface area contributed by atoms with E-state index < -0.39 is 0 Å². The van der Waals surface area contributed by atoms with E-state index in [4.69, 9.17) is 0 Å². The van der Waals surface area contributed by atoms with Gasteiger partial charge in [0.15, 0.2) is 11.6 Å². The van der Waals surface area contributed by atoms with Crippen LogP contribution in [0.15, 0.2) is 117 Å². The van der Waals surface area contributed by atoms with Gasteiger partial charge in [-0.3, -0.25) is 9.59 Å². The van der Waals surface area contributed by atoms with Crippen molar-refractivity contribution in [2.24, 2.45) is 0 Å². The maximum atomic E-state index is 13.2. The monoisotopic (exact) mass is 731 g/mol. The number of benzene rings is 1. The molecule has 0 unspecified atom stereocenters. The van der Waals surface area contributed by atoms with Crippen molar-refractivity contribution in [1.82, 2.24) is 0 Å². The quantitative estimate of drug-likeness (QED) is 0.105. The van der Waals surface area contributed by atoms with Crippen LogP contribution in [0.3, 0.4) is 0 Å². The van der Waals surface area contributed by atoms with Crippen molar-refractivity contribution in [2.45, 2.75) is 172 Å². The van der Waals surface area contributed by atoms with Gasteiger partial charge in [0.25, 0.3) is 0 Å². The number of fused-ring (bicyclic) bond motifs is 1. The van der Waals surface area contributed by atoms with Crippen molar-refractivity contribution in [3.63, 3.8) is 0 Å². The van der Waals surface area contributed by atoms with Gasteiger partial charge in [0.05, 0.1) is 0 Å². The van der Waals surface area contributed by atoms with E-state index in [1.54, 1.807) is 6.08 Å². The molecule has 0 aliphatic heterocycles. The van der Waals surface area contributed by atoms with Crippen molar-refractivity contribution < 1.29 is 9.59 Å². The highest BCUT2D eigenvalue weighted by Gasteiger charge is 2.27. The highest BCUT2D eigenvalue weighted by atomic mass is 16.1. The minimum atomic E-state index is -0.0456. The lowest BCUT2D eigenvalue weighted by Gasteiger charge is -2.18. The van der Waals surface area contributed by atoms with Gasteiger partial charge in [0, 0.05) is 16.7 Å². The lowest BCUT2D eigenvalue weighted by Crippen LogP contribution is -2.19. The van der Waals surface area contributed by atoms with Crippen LogP contribution < -0.4 is 0 Å². The Bertz CT molecular complexity index is 1700. The fourth-order valence-corrected chi connectivity index (χ4v) is 6.89. The molecule has 0 radical (unpaired) electrons. The Kier molecular flexibility index (Phi) is 21.8. The lowest BCUT2D eigenvalue weighted by molar-refractivity contribution is 0.0981. The van der Waals surface area contributed by atoms with Crippen LogP contribution in [0.2, 0.25) is 0 Å². The molecule has 0 aromatic heterocycles. The van der Waals surface area contributed by atoms with Gasteiger partial charge in [0.2, 0.25) is 0 Å². The summed E-state index contributed by atoms with van der Waals surface area (Å²) in [5.41, 5.74) is 15.1. The number of ketones is 2. The highest BCUT2D eigenvalue weighted by Crippen LogP contribution is 2.29. The van der Waals surface area contributed by atoms with Gasteiger partial charge in [-0.2, -0.15) is 0 Å². The summed E-state index contributed by atoms with van der Waals surface area (Å²) < 4.78 is 0. The van der Waals surface area contributed by atoms with Crippen molar-refractivity contribution in [2.75, 3.05) is 0 Å². The molecule has 0 amide bonds. The van der Waals surface area contributed by atoms with Crippen LogP contribution in [-0.2, 0) is 0 Å². The molecule has 0 saturated heterocycles. The summed E-state index contributed by atoms with van der Waals surface area (Å²) in [7, 11) is 0. The number of Topliss-reactive ketones (excluding diaryl/α,β-unsaturated/α-hetero) is 1. The predicted octanol–water partition coefficient (Wildman–Crippen LogP) is 16.1. The summed E-state index contributed by atoms with van der Waals surface area (Å²) >= 11 is 0. The van der Waals surface area contributed by atoms with Gasteiger partial charge in [-0.25, -0.2) is 0 Å². The van der Waals surface area contributed by atoms with E-state index >= 15 is 0 Å². The second-order valence-electron chi connectivity index (χ2n) is 16.4. The zero-order chi connectivity index (χ0) is 40.0. The molecule has 0 spiro atoms. The molecule has 1 aliphatic rings. The molecule has 54 heavy (non-hydrogen) atoms. The normalized spacial score (nSPS) is 15.2. The molecule has 294 valence electrons. The third-order valence-corrected chi connectivity index (χ3v) is 10.6. The molecule has 1 aromatic rings. The van der Waals surface area contributed by atoms with Crippen LogP contribution in [-0.4, -0.2) is 11.6 Å². The minimum Gasteiger partial charge on any atom is -0.289 e. The molecule has 2 heteroatoms. The number of carbonyl (C=O) groups excluding carboxylic acids is 2. The van der Waals surface area contributed by atoms with Crippen LogP contribution in [0.25, 0.3) is 0 Å². The van der Waals surface area contributed by atoms with Crippen LogP contribution in [0.5, 0.6) is 0 Å². The van der Waals surface area contributed by atoms with E-state index in [-0.39, 0.29) is 11.6 Å². The second kappa shape index (κ2) is 25.3. The van der Waals surface area contributed by atoms with Gasteiger partial charge in [-0.1, -0.05) is 105 Å². The van der Waals surface area contributed by atoms with Gasteiger partial charge in [0.1, 0.15) is 0 Å². The van der Waals surface area contributed by atoms with Crippen molar-refractivity contribution in [3.8, 4) is 0 Å². The van der Waals surface area contributed by atoms with E-state index in [0.29, 0.717) is 23.1 Å². The average Bonchev–Trinajstić information content (AvgIpc) is 3.10. The van der Waals surface area contributed by atoms with Crippen LogP contribution in [0, 0.1) is 13.8 Å². The Morgan fingerprint density at radius 2 is 0.722 bits per heavy atom. The van der Waals surface area contributed by atoms with Gasteiger partial charge >= 0.3 is 0 Å². The summed E-state index contributed by atoms with van der Waals surface area (Å²) in [5, 5.41) is 0. The average molecular weight is 731 g/mol. The molecule has 1 aromatic carbocycles. The molecule has 0 fully saturated rings. The third kappa shape index (κ3) is 18.5. The fraction of sp³-hybridized carbons (Fsp3) is 0.500. The highest BCUT2D eigenvalue weighted by molar-refractivity contribution is 6.25. The number of rotatable bonds is 23. The Balaban J connectivity index is 1.63. The molecule has 0 saturated carbocycles. The van der Waals surface area contributed by atoms with Gasteiger partial charge in [-0.05, 0) is 190 Å². The van der Waals surface area contributed by atoms with Crippen molar-refractivity contribution in [3.05, 3.63) is 139 Å². The van der Waals surface area contributed by atoms with Gasteiger partial charge < -0.3 is 0 Å². The minimum absolute atomic E-state index is 0.000989. The topological polar surface area (TPSA) is 34.1 Å². The fourth-order valence-electron chi connectivity index (χ4n) is 6.89. The number of carbonyl (C=O) groups is 2. The first-order valence-electron chi connectivity index (χ1n) is 20.8. The van der Waals surface area contributed by atoms with Crippen LogP contribution in [0.1, 0.15) is 190 Å². The van der Waals surface area contributed by atoms with Gasteiger partial charge in [-0.15, -0.1) is 0 Å². The Labute approximate surface area is 331 Å². The number of allylic oxidation sites excluding steroid dienone is 18. The molecule has 2 rings (SSSR count). The third-order valence-electron chi connectivity index (χ3n) is 10.6. The molecule has 0 N–H and O–H groups in total. The first-order valence-corrected chi connectivity index (χ1v) is 20.8. The van der Waals surface area contributed by atoms with Crippen LogP contribution >= 0.6 is 0 Å². The summed E-state index contributed by atoms with van der Waals surface area (Å²) in [6, 6.07) is 3.86. The zero-order valence-electron chi connectivity index (χ0n) is 36.3. The molecule has 0 heterocycles. The summed E-state index contributed by atoms with van der Waals surface area (Å²) in [6.07, 6.45) is 36.7. The summed E-state index contributed by atoms with van der Waals surface area (Å²) in [4.78, 5) is 26.0. The Morgan fingerprint density at radius 1 is 0.426 bits per heavy atom. The molecule has 2 nitrogen and oxygen atoms in total. The van der Waals surface area contributed by atoms with Crippen molar-refractivity contribution >= 4 is 11.6 Å². The standard InChI is InChI=1S/C52H74O2/c1-38(2)19-12-20-39(3)21-13-22-40(4)23-14-24-41(5)25-15-26-42(6)27-16-28-43(7)29-17-30-44(8)31-18-32-45(9)33-36-48-37-49(53)50-46(10)34-35-47(11)51(50)52(48)54/h19,21,23,25,27,29,31,33-35,37H,12-18,20,22,24,26,28,30,32,36H2,1-11H3. The summed E-state index contributed by atoms with van der Waals surface area (Å²) in [5.74, 6) is -0.0466. The maximum Gasteiger partial charge on any atom is 0.190 e. The van der Waals surface area contributed by atoms with E-state index in [0.717, 1.165) is 88.2 Å². The molecule has 0 atom stereocenters. The van der Waals surface area contributed by atoms with E-state index in [2.05, 4.69) is 111 Å². The zero-order valence-corrected chi connectivity index (χ0v) is 36.3. The first-order chi connectivity index (χ1) is 25.7. The Morgan fingerprint density at radius 3 is 1.06 bits per heavy atom. The maximum absolute atomic E-state index is 13.2. The summed E-state index contributed by atoms with van der Waals surface area (Å²) in [6.45, 7) is 23.9. The molecular formula is C52H74O2. The molecule has 0 bridgehead atoms. The van der Waals surface area contributed by atoms with Crippen LogP contribution in [0.4, 0.5) is 0 Å². The van der Waals surface area contributed by atoms with E-state index in [1.165, 1.54) is 57.4 Å². The van der Waals surface area contributed by atoms with E-state index in [9.17, 15) is 9.59 Å². The smallest absolute Gasteiger partial charge is 0.190 e. The van der Waals surface area contributed by atoms with Crippen molar-refractivity contribution in [1.29, 1.82) is 0 Å². The number of aryl methyl sites for hydroxylation is 2. The largest absolute Gasteiger partial charge is 0.289 e. The molecular weight excluding hydrogens is 657 g/mol. The molecule has 1 aliphatic carbocycles. The number of hydrogen-bond donors (Lipinski definition) is 0. The lowest BCUT2D eigenvalue weighted by atomic mass is 9.83. The SMILES string of the molecule is CC(C)=CCCC(C)=CCCC(C)=CCCC(C)=CCCC(C)=CCCC(C)=CCCC(C)=CCCC(C)=CCC1=CC(=O)c2c(C)ccc(C)c2C1=O. The second-order valence-corrected chi connectivity index (χ2v) is 16.4.